The molecular weight excluding hydrogens is 384 g/mol. The van der Waals surface area contributed by atoms with E-state index in [-0.39, 0.29) is 0 Å². The van der Waals surface area contributed by atoms with Crippen LogP contribution < -0.4 is 5.32 Å². The molecule has 1 N–H and O–H groups in total. The zero-order valence-electron chi connectivity index (χ0n) is 17.9. The highest BCUT2D eigenvalue weighted by Crippen LogP contribution is 2.26. The summed E-state index contributed by atoms with van der Waals surface area (Å²) < 4.78 is 0. The van der Waals surface area contributed by atoms with E-state index in [1.807, 2.05) is 18.5 Å². The van der Waals surface area contributed by atoms with Gasteiger partial charge in [0.05, 0.1) is 0 Å². The lowest BCUT2D eigenvalue weighted by atomic mass is 9.94. The molecule has 0 bridgehead atoms. The molecule has 0 fully saturated rings. The third-order valence-corrected chi connectivity index (χ3v) is 5.78. The Hall–Kier alpha value is -2.52. The van der Waals surface area contributed by atoms with Gasteiger partial charge in [-0.15, -0.1) is 0 Å². The Morgan fingerprint density at radius 3 is 2.50 bits per heavy atom. The van der Waals surface area contributed by atoms with Crippen LogP contribution in [0.2, 0.25) is 0 Å². The average Bonchev–Trinajstić information content (AvgIpc) is 2.80. The Bertz CT molecular complexity index is 907. The van der Waals surface area contributed by atoms with Crippen LogP contribution in [-0.2, 0) is 12.8 Å². The standard InChI is InChI=1S/C27H32N2S/c1-2-3-5-15-24-20-25(16-17-26(24)23-13-6-4-7-14-23)27(30)29-19-9-8-11-22-12-10-18-28-21-22/h4,6-7,10,12-14,16-18,20-21H,2-3,5,8-9,11,15,19H2,1H3,(H,29,30). The molecule has 0 unspecified atom stereocenters. The highest BCUT2D eigenvalue weighted by molar-refractivity contribution is 7.80. The molecule has 1 heterocycles. The topological polar surface area (TPSA) is 24.9 Å². The average molecular weight is 417 g/mol. The molecule has 3 heteroatoms. The van der Waals surface area contributed by atoms with Gasteiger partial charge in [0.1, 0.15) is 4.99 Å². The molecule has 30 heavy (non-hydrogen) atoms. The SMILES string of the molecule is CCCCCc1cc(C(=S)NCCCCc2cccnc2)ccc1-c1ccccc1. The number of nitrogens with zero attached hydrogens (tertiary/aromatic N) is 1. The maximum atomic E-state index is 5.70. The number of rotatable bonds is 11. The molecule has 0 aliphatic carbocycles. The van der Waals surface area contributed by atoms with Gasteiger partial charge in [-0.3, -0.25) is 4.98 Å². The lowest BCUT2D eigenvalue weighted by molar-refractivity contribution is 0.710. The van der Waals surface area contributed by atoms with Crippen molar-refractivity contribution in [3.63, 3.8) is 0 Å². The van der Waals surface area contributed by atoms with Crippen molar-refractivity contribution in [2.45, 2.75) is 51.9 Å². The van der Waals surface area contributed by atoms with Crippen LogP contribution in [0.3, 0.4) is 0 Å². The molecule has 1 aromatic heterocycles. The molecule has 0 aliphatic heterocycles. The van der Waals surface area contributed by atoms with E-state index in [1.165, 1.54) is 41.5 Å². The summed E-state index contributed by atoms with van der Waals surface area (Å²) in [7, 11) is 0. The minimum Gasteiger partial charge on any atom is -0.376 e. The number of thiocarbonyl (C=S) groups is 1. The van der Waals surface area contributed by atoms with Crippen LogP contribution in [0.25, 0.3) is 11.1 Å². The van der Waals surface area contributed by atoms with Crippen molar-refractivity contribution in [1.82, 2.24) is 10.3 Å². The Balaban J connectivity index is 1.58. The van der Waals surface area contributed by atoms with E-state index in [0.717, 1.165) is 42.8 Å². The number of pyridine rings is 1. The number of aromatic nitrogens is 1. The van der Waals surface area contributed by atoms with Gasteiger partial charge < -0.3 is 5.32 Å². The summed E-state index contributed by atoms with van der Waals surface area (Å²) in [6, 6.07) is 21.5. The summed E-state index contributed by atoms with van der Waals surface area (Å²) in [5.74, 6) is 0. The molecule has 156 valence electrons. The highest BCUT2D eigenvalue weighted by Gasteiger charge is 2.09. The summed E-state index contributed by atoms with van der Waals surface area (Å²) in [6.07, 6.45) is 11.9. The molecule has 0 spiro atoms. The van der Waals surface area contributed by atoms with Crippen molar-refractivity contribution >= 4 is 17.2 Å². The van der Waals surface area contributed by atoms with Crippen LogP contribution >= 0.6 is 12.2 Å². The van der Waals surface area contributed by atoms with Crippen LogP contribution in [0.15, 0.2) is 73.1 Å². The molecule has 2 nitrogen and oxygen atoms in total. The first-order valence-corrected chi connectivity index (χ1v) is 11.5. The zero-order chi connectivity index (χ0) is 21.0. The Morgan fingerprint density at radius 2 is 1.73 bits per heavy atom. The monoisotopic (exact) mass is 416 g/mol. The van der Waals surface area contributed by atoms with Gasteiger partial charge in [-0.25, -0.2) is 0 Å². The maximum Gasteiger partial charge on any atom is 0.106 e. The van der Waals surface area contributed by atoms with E-state index in [2.05, 4.69) is 71.8 Å². The van der Waals surface area contributed by atoms with Crippen molar-refractivity contribution < 1.29 is 0 Å². The molecule has 0 saturated carbocycles. The molecule has 0 saturated heterocycles. The van der Waals surface area contributed by atoms with Gasteiger partial charge in [0.25, 0.3) is 0 Å². The zero-order valence-corrected chi connectivity index (χ0v) is 18.8. The van der Waals surface area contributed by atoms with Crippen LogP contribution in [0.4, 0.5) is 0 Å². The van der Waals surface area contributed by atoms with Crippen LogP contribution in [-0.4, -0.2) is 16.5 Å². The molecular formula is C27H32N2S. The number of hydrogen-bond acceptors (Lipinski definition) is 2. The second-order valence-corrected chi connectivity index (χ2v) is 8.18. The summed E-state index contributed by atoms with van der Waals surface area (Å²) in [4.78, 5) is 5.03. The predicted molar refractivity (Wildman–Crippen MR) is 132 cm³/mol. The van der Waals surface area contributed by atoms with E-state index < -0.39 is 0 Å². The van der Waals surface area contributed by atoms with Gasteiger partial charge >= 0.3 is 0 Å². The van der Waals surface area contributed by atoms with Gasteiger partial charge in [-0.1, -0.05) is 80.5 Å². The van der Waals surface area contributed by atoms with E-state index in [9.17, 15) is 0 Å². The van der Waals surface area contributed by atoms with E-state index in [0.29, 0.717) is 0 Å². The van der Waals surface area contributed by atoms with E-state index in [1.54, 1.807) is 0 Å². The summed E-state index contributed by atoms with van der Waals surface area (Å²) in [5.41, 5.74) is 6.43. The molecule has 3 rings (SSSR count). The maximum absolute atomic E-state index is 5.70. The fourth-order valence-electron chi connectivity index (χ4n) is 3.71. The number of aryl methyl sites for hydroxylation is 2. The summed E-state index contributed by atoms with van der Waals surface area (Å²) in [5, 5.41) is 3.45. The molecule has 0 aliphatic rings. The lowest BCUT2D eigenvalue weighted by Crippen LogP contribution is -2.23. The highest BCUT2D eigenvalue weighted by atomic mass is 32.1. The number of benzene rings is 2. The summed E-state index contributed by atoms with van der Waals surface area (Å²) in [6.45, 7) is 3.16. The van der Waals surface area contributed by atoms with E-state index >= 15 is 0 Å². The molecule has 2 aromatic carbocycles. The first-order valence-electron chi connectivity index (χ1n) is 11.1. The van der Waals surface area contributed by atoms with Gasteiger partial charge in [0.15, 0.2) is 0 Å². The van der Waals surface area contributed by atoms with Crippen LogP contribution in [0.5, 0.6) is 0 Å². The first kappa shape index (κ1) is 22.2. The normalized spacial score (nSPS) is 10.7. The molecule has 0 radical (unpaired) electrons. The molecule has 0 atom stereocenters. The summed E-state index contributed by atoms with van der Waals surface area (Å²) >= 11 is 5.70. The van der Waals surface area contributed by atoms with Crippen molar-refractivity contribution in [1.29, 1.82) is 0 Å². The Kier molecular flexibility index (Phi) is 9.04. The molecule has 3 aromatic rings. The third kappa shape index (κ3) is 6.77. The Labute approximate surface area is 186 Å². The van der Waals surface area contributed by atoms with Crippen molar-refractivity contribution in [3.8, 4) is 11.1 Å². The fraction of sp³-hybridized carbons (Fsp3) is 0.333. The first-order chi connectivity index (χ1) is 14.8. The van der Waals surface area contributed by atoms with Crippen molar-refractivity contribution in [2.24, 2.45) is 0 Å². The van der Waals surface area contributed by atoms with Gasteiger partial charge in [0, 0.05) is 24.5 Å². The van der Waals surface area contributed by atoms with Gasteiger partial charge in [-0.05, 0) is 66.5 Å². The van der Waals surface area contributed by atoms with Crippen LogP contribution in [0, 0.1) is 0 Å². The predicted octanol–water partition coefficient (Wildman–Crippen LogP) is 6.77. The fourth-order valence-corrected chi connectivity index (χ4v) is 3.94. The second kappa shape index (κ2) is 12.2. The van der Waals surface area contributed by atoms with Crippen molar-refractivity contribution in [3.05, 3.63) is 89.7 Å². The van der Waals surface area contributed by atoms with Gasteiger partial charge in [0.2, 0.25) is 0 Å². The molecule has 0 amide bonds. The van der Waals surface area contributed by atoms with Crippen molar-refractivity contribution in [2.75, 3.05) is 6.54 Å². The third-order valence-electron chi connectivity index (χ3n) is 5.40. The number of hydrogen-bond donors (Lipinski definition) is 1. The largest absolute Gasteiger partial charge is 0.376 e. The number of nitrogens with one attached hydrogen (secondary N) is 1. The Morgan fingerprint density at radius 1 is 0.900 bits per heavy atom. The van der Waals surface area contributed by atoms with Crippen LogP contribution in [0.1, 0.15) is 55.7 Å². The van der Waals surface area contributed by atoms with E-state index in [4.69, 9.17) is 12.2 Å². The number of unbranched alkanes of at least 4 members (excludes halogenated alkanes) is 3. The quantitative estimate of drug-likeness (QED) is 0.276. The van der Waals surface area contributed by atoms with Gasteiger partial charge in [-0.2, -0.15) is 0 Å². The minimum absolute atomic E-state index is 0.854. The second-order valence-electron chi connectivity index (χ2n) is 7.77. The smallest absolute Gasteiger partial charge is 0.106 e. The minimum atomic E-state index is 0.854. The lowest BCUT2D eigenvalue weighted by Gasteiger charge is -2.14.